The molecule has 3 N–H and O–H groups in total. The van der Waals surface area contributed by atoms with Gasteiger partial charge in [-0.1, -0.05) is 6.42 Å². The molecule has 1 aromatic heterocycles. The van der Waals surface area contributed by atoms with Crippen molar-refractivity contribution in [3.05, 3.63) is 24.2 Å². The molecule has 23 heavy (non-hydrogen) atoms. The van der Waals surface area contributed by atoms with Crippen molar-refractivity contribution >= 4 is 11.8 Å². The zero-order chi connectivity index (χ0) is 16.2. The van der Waals surface area contributed by atoms with Gasteiger partial charge in [-0.2, -0.15) is 0 Å². The highest BCUT2D eigenvalue weighted by Crippen LogP contribution is 2.26. The summed E-state index contributed by atoms with van der Waals surface area (Å²) in [5.74, 6) is 0.734. The fourth-order valence-corrected chi connectivity index (χ4v) is 3.63. The van der Waals surface area contributed by atoms with E-state index in [1.54, 1.807) is 17.0 Å². The second kappa shape index (κ2) is 7.17. The van der Waals surface area contributed by atoms with Crippen LogP contribution in [0.5, 0.6) is 0 Å². The summed E-state index contributed by atoms with van der Waals surface area (Å²) in [6.07, 6.45) is 6.84. The van der Waals surface area contributed by atoms with E-state index in [2.05, 4.69) is 5.32 Å². The highest BCUT2D eigenvalue weighted by atomic mass is 16.3. The van der Waals surface area contributed by atoms with Crippen LogP contribution in [0.15, 0.2) is 22.8 Å². The minimum absolute atomic E-state index is 0.0725. The first-order valence-electron chi connectivity index (χ1n) is 8.51. The number of rotatable bonds is 4. The summed E-state index contributed by atoms with van der Waals surface area (Å²) in [7, 11) is 0. The molecule has 6 heteroatoms. The number of furan rings is 1. The Balaban J connectivity index is 1.42. The molecule has 2 fully saturated rings. The fraction of sp³-hybridized carbons (Fsp3) is 0.647. The molecular weight excluding hydrogens is 294 g/mol. The van der Waals surface area contributed by atoms with Gasteiger partial charge in [0.1, 0.15) is 0 Å². The van der Waals surface area contributed by atoms with E-state index in [1.165, 1.54) is 6.26 Å². The molecule has 2 aliphatic rings. The van der Waals surface area contributed by atoms with Crippen molar-refractivity contribution in [2.75, 3.05) is 13.1 Å². The van der Waals surface area contributed by atoms with Gasteiger partial charge in [-0.15, -0.1) is 0 Å². The summed E-state index contributed by atoms with van der Waals surface area (Å²) in [6, 6.07) is 3.73. The van der Waals surface area contributed by atoms with Crippen molar-refractivity contribution in [1.82, 2.24) is 10.2 Å². The van der Waals surface area contributed by atoms with E-state index in [1.807, 2.05) is 0 Å². The van der Waals surface area contributed by atoms with Crippen molar-refractivity contribution in [3.8, 4) is 0 Å². The van der Waals surface area contributed by atoms with E-state index in [-0.39, 0.29) is 23.9 Å². The highest BCUT2D eigenvalue weighted by molar-refractivity contribution is 5.91. The molecule has 0 radical (unpaired) electrons. The topological polar surface area (TPSA) is 88.6 Å². The lowest BCUT2D eigenvalue weighted by atomic mass is 9.98. The first-order valence-corrected chi connectivity index (χ1v) is 8.51. The Morgan fingerprint density at radius 1 is 1.26 bits per heavy atom. The summed E-state index contributed by atoms with van der Waals surface area (Å²) in [5, 5.41) is 3.10. The smallest absolute Gasteiger partial charge is 0.289 e. The van der Waals surface area contributed by atoms with Crippen LogP contribution in [0.2, 0.25) is 0 Å². The van der Waals surface area contributed by atoms with Crippen molar-refractivity contribution in [2.24, 2.45) is 11.7 Å². The largest absolute Gasteiger partial charge is 0.459 e. The van der Waals surface area contributed by atoms with Crippen LogP contribution in [0, 0.1) is 5.92 Å². The van der Waals surface area contributed by atoms with E-state index >= 15 is 0 Å². The van der Waals surface area contributed by atoms with Gasteiger partial charge in [0.05, 0.1) is 6.26 Å². The first-order chi connectivity index (χ1) is 11.1. The Labute approximate surface area is 136 Å². The molecule has 0 aromatic carbocycles. The van der Waals surface area contributed by atoms with Crippen LogP contribution in [0.4, 0.5) is 0 Å². The molecule has 2 atom stereocenters. The van der Waals surface area contributed by atoms with E-state index in [0.29, 0.717) is 31.2 Å². The summed E-state index contributed by atoms with van der Waals surface area (Å²) >= 11 is 0. The lowest BCUT2D eigenvalue weighted by molar-refractivity contribution is -0.123. The predicted molar refractivity (Wildman–Crippen MR) is 85.7 cm³/mol. The molecule has 1 saturated carbocycles. The second-order valence-corrected chi connectivity index (χ2v) is 6.67. The van der Waals surface area contributed by atoms with E-state index in [9.17, 15) is 9.59 Å². The number of likely N-dealkylation sites (tertiary alicyclic amines) is 1. The monoisotopic (exact) mass is 319 g/mol. The molecule has 6 nitrogen and oxygen atoms in total. The molecule has 1 saturated heterocycles. The number of nitrogens with two attached hydrogens (primary N) is 1. The number of piperidine rings is 1. The van der Waals surface area contributed by atoms with Crippen LogP contribution in [0.3, 0.4) is 0 Å². The number of amides is 2. The molecule has 0 spiro atoms. The summed E-state index contributed by atoms with van der Waals surface area (Å²) in [4.78, 5) is 26.1. The van der Waals surface area contributed by atoms with Crippen molar-refractivity contribution < 1.29 is 14.0 Å². The standard InChI is InChI=1S/C17H25N3O3/c18-14-4-1-3-12(14)11-16(21)19-13-6-8-20(9-7-13)17(22)15-5-2-10-23-15/h2,5,10,12-14H,1,3-4,6-9,11,18H2,(H,19,21)/t12-,14+/m0/s1. The van der Waals surface area contributed by atoms with E-state index in [4.69, 9.17) is 10.2 Å². The molecule has 2 amide bonds. The Hall–Kier alpha value is -1.82. The van der Waals surface area contributed by atoms with Gasteiger partial charge in [-0.3, -0.25) is 9.59 Å². The number of hydrogen-bond donors (Lipinski definition) is 2. The maximum Gasteiger partial charge on any atom is 0.289 e. The van der Waals surface area contributed by atoms with Crippen LogP contribution in [-0.4, -0.2) is 41.9 Å². The Bertz CT molecular complexity index is 535. The lowest BCUT2D eigenvalue weighted by Gasteiger charge is -2.32. The van der Waals surface area contributed by atoms with E-state index in [0.717, 1.165) is 32.1 Å². The zero-order valence-corrected chi connectivity index (χ0v) is 13.4. The van der Waals surface area contributed by atoms with Crippen LogP contribution in [0.1, 0.15) is 49.1 Å². The number of nitrogens with zero attached hydrogens (tertiary/aromatic N) is 1. The number of hydrogen-bond acceptors (Lipinski definition) is 4. The van der Waals surface area contributed by atoms with Gasteiger partial charge < -0.3 is 20.4 Å². The molecule has 3 rings (SSSR count). The predicted octanol–water partition coefficient (Wildman–Crippen LogP) is 1.52. The van der Waals surface area contributed by atoms with Crippen LogP contribution in [0.25, 0.3) is 0 Å². The highest BCUT2D eigenvalue weighted by Gasteiger charge is 2.29. The second-order valence-electron chi connectivity index (χ2n) is 6.67. The van der Waals surface area contributed by atoms with Crippen molar-refractivity contribution in [3.63, 3.8) is 0 Å². The number of nitrogens with one attached hydrogen (secondary N) is 1. The van der Waals surface area contributed by atoms with Gasteiger partial charge in [-0.25, -0.2) is 0 Å². The van der Waals surface area contributed by atoms with Crippen molar-refractivity contribution in [2.45, 2.75) is 50.6 Å². The molecule has 0 unspecified atom stereocenters. The minimum atomic E-state index is -0.0725. The lowest BCUT2D eigenvalue weighted by Crippen LogP contribution is -2.47. The van der Waals surface area contributed by atoms with Gasteiger partial charge in [0, 0.05) is 31.6 Å². The number of carbonyl (C=O) groups excluding carboxylic acids is 2. The quantitative estimate of drug-likeness (QED) is 0.880. The van der Waals surface area contributed by atoms with Gasteiger partial charge >= 0.3 is 0 Å². The fourth-order valence-electron chi connectivity index (χ4n) is 3.63. The van der Waals surface area contributed by atoms with Crippen LogP contribution >= 0.6 is 0 Å². The Kier molecular flexibility index (Phi) is 5.00. The summed E-state index contributed by atoms with van der Waals surface area (Å²) in [5.41, 5.74) is 6.03. The Morgan fingerprint density at radius 3 is 2.65 bits per heavy atom. The SMILES string of the molecule is N[C@@H]1CCC[C@H]1CC(=O)NC1CCN(C(=O)c2ccco2)CC1. The molecule has 1 aromatic rings. The molecular formula is C17H25N3O3. The third kappa shape index (κ3) is 3.93. The third-order valence-electron chi connectivity index (χ3n) is 5.04. The third-order valence-corrected chi connectivity index (χ3v) is 5.04. The summed E-state index contributed by atoms with van der Waals surface area (Å²) in [6.45, 7) is 1.29. The first kappa shape index (κ1) is 16.1. The minimum Gasteiger partial charge on any atom is -0.459 e. The zero-order valence-electron chi connectivity index (χ0n) is 13.4. The van der Waals surface area contributed by atoms with Gasteiger partial charge in [0.25, 0.3) is 5.91 Å². The van der Waals surface area contributed by atoms with Gasteiger partial charge in [0.2, 0.25) is 5.91 Å². The summed E-state index contributed by atoms with van der Waals surface area (Å²) < 4.78 is 5.15. The number of carbonyl (C=O) groups is 2. The molecule has 2 heterocycles. The van der Waals surface area contributed by atoms with Crippen LogP contribution < -0.4 is 11.1 Å². The molecule has 0 bridgehead atoms. The maximum atomic E-state index is 12.2. The van der Waals surface area contributed by atoms with Gasteiger partial charge in [0.15, 0.2) is 5.76 Å². The normalized spacial score (nSPS) is 25.5. The average Bonchev–Trinajstić information content (AvgIpc) is 3.20. The van der Waals surface area contributed by atoms with Gasteiger partial charge in [-0.05, 0) is 43.7 Å². The molecule has 1 aliphatic heterocycles. The average molecular weight is 319 g/mol. The maximum absolute atomic E-state index is 12.2. The van der Waals surface area contributed by atoms with E-state index < -0.39 is 0 Å². The molecule has 1 aliphatic carbocycles. The Morgan fingerprint density at radius 2 is 2.04 bits per heavy atom. The van der Waals surface area contributed by atoms with Crippen molar-refractivity contribution in [1.29, 1.82) is 0 Å². The van der Waals surface area contributed by atoms with Crippen LogP contribution in [-0.2, 0) is 4.79 Å². The molecule has 126 valence electrons.